The maximum absolute atomic E-state index is 2.72. The SMILES string of the molecule is C[Si](C)(C)c1ccc2c(c1)[CH]([Zr+2]([C]1=CC=CC1)=[Si]1CCCCC1)c1cc([Si](C)(C)C)ccc1-2.[Cl-].[Cl-]. The molecule has 3 aliphatic rings. The summed E-state index contributed by atoms with van der Waals surface area (Å²) in [5, 5.41) is 3.32. The minimum absolute atomic E-state index is 0. The van der Waals surface area contributed by atoms with Gasteiger partial charge in [-0.1, -0.05) is 0 Å². The van der Waals surface area contributed by atoms with Crippen molar-refractivity contribution in [2.75, 3.05) is 0 Å². The van der Waals surface area contributed by atoms with Crippen LogP contribution in [-0.4, -0.2) is 21.6 Å². The zero-order valence-electron chi connectivity index (χ0n) is 22.3. The fraction of sp³-hybridized carbons (Fsp3) is 0.448. The minimum atomic E-state index is -1.89. The summed E-state index contributed by atoms with van der Waals surface area (Å²) >= 11 is -1.89. The third-order valence-electron chi connectivity index (χ3n) is 7.99. The van der Waals surface area contributed by atoms with E-state index in [2.05, 4.69) is 93.9 Å². The molecule has 2 aliphatic carbocycles. The van der Waals surface area contributed by atoms with Gasteiger partial charge in [0.05, 0.1) is 0 Å². The van der Waals surface area contributed by atoms with Gasteiger partial charge in [0.25, 0.3) is 0 Å². The smallest absolute Gasteiger partial charge is 1.00 e. The van der Waals surface area contributed by atoms with Gasteiger partial charge in [0.15, 0.2) is 0 Å². The first-order valence-corrected chi connectivity index (χ1v) is 28.3. The van der Waals surface area contributed by atoms with Gasteiger partial charge >= 0.3 is 213 Å². The molecule has 0 bridgehead atoms. The Labute approximate surface area is 236 Å². The molecule has 1 heterocycles. The molecule has 186 valence electrons. The fourth-order valence-electron chi connectivity index (χ4n) is 6.02. The van der Waals surface area contributed by atoms with E-state index in [9.17, 15) is 0 Å². The average Bonchev–Trinajstić information content (AvgIpc) is 3.40. The third kappa shape index (κ3) is 5.89. The molecule has 0 radical (unpaired) electrons. The van der Waals surface area contributed by atoms with Crippen molar-refractivity contribution in [3.05, 3.63) is 69.0 Å². The minimum Gasteiger partial charge on any atom is -1.00 e. The van der Waals surface area contributed by atoms with E-state index >= 15 is 0 Å². The van der Waals surface area contributed by atoms with Crippen LogP contribution in [0, 0.1) is 0 Å². The number of hydrogen-bond acceptors (Lipinski definition) is 0. The molecule has 0 nitrogen and oxygen atoms in total. The molecule has 0 saturated carbocycles. The third-order valence-corrected chi connectivity index (χ3v) is 33.2. The van der Waals surface area contributed by atoms with Crippen molar-refractivity contribution in [3.8, 4) is 11.1 Å². The van der Waals surface area contributed by atoms with E-state index < -0.39 is 36.5 Å². The predicted octanol–water partition coefficient (Wildman–Crippen LogP) is 1.49. The summed E-state index contributed by atoms with van der Waals surface area (Å²) in [6.07, 6.45) is 13.2. The second-order valence-corrected chi connectivity index (χ2v) is 38.2. The molecule has 1 aliphatic heterocycles. The first-order valence-electron chi connectivity index (χ1n) is 13.0. The van der Waals surface area contributed by atoms with Gasteiger partial charge in [0.2, 0.25) is 0 Å². The Morgan fingerprint density at radius 1 is 0.743 bits per heavy atom. The Kier molecular flexibility index (Phi) is 9.65. The second-order valence-electron chi connectivity index (χ2n) is 12.4. The van der Waals surface area contributed by atoms with E-state index in [1.54, 1.807) is 44.7 Å². The molecule has 0 N–H and O–H groups in total. The van der Waals surface area contributed by atoms with E-state index in [1.807, 2.05) is 3.28 Å². The molecule has 0 atom stereocenters. The molecule has 6 heteroatoms. The summed E-state index contributed by atoms with van der Waals surface area (Å²) in [7, 11) is -2.69. The van der Waals surface area contributed by atoms with Crippen molar-refractivity contribution in [2.45, 2.75) is 80.7 Å². The molecule has 2 aromatic rings. The van der Waals surface area contributed by atoms with Crippen molar-refractivity contribution in [1.82, 2.24) is 0 Å². The summed E-state index contributed by atoms with van der Waals surface area (Å²) < 4.78 is 2.71. The van der Waals surface area contributed by atoms with Gasteiger partial charge in [-0.2, -0.15) is 0 Å². The van der Waals surface area contributed by atoms with Crippen molar-refractivity contribution in [3.63, 3.8) is 0 Å². The predicted molar refractivity (Wildman–Crippen MR) is 151 cm³/mol. The van der Waals surface area contributed by atoms with E-state index in [0.717, 1.165) is 3.63 Å². The van der Waals surface area contributed by atoms with Gasteiger partial charge in [-0.05, 0) is 0 Å². The molecule has 0 unspecified atom stereocenters. The van der Waals surface area contributed by atoms with Crippen molar-refractivity contribution < 1.29 is 45.2 Å². The van der Waals surface area contributed by atoms with Crippen LogP contribution in [0.1, 0.15) is 40.4 Å². The first-order chi connectivity index (χ1) is 15.6. The molecular weight excluding hydrogens is 595 g/mol. The molecular formula is C29H40Cl2Si3Zr. The largest absolute Gasteiger partial charge is 1.00 e. The Bertz CT molecular complexity index is 1130. The fourth-order valence-corrected chi connectivity index (χ4v) is 32.4. The van der Waals surface area contributed by atoms with Crippen LogP contribution in [0.3, 0.4) is 0 Å². The normalized spacial score (nSPS) is 17.1. The number of halogens is 2. The molecule has 5 rings (SSSR count). The van der Waals surface area contributed by atoms with Crippen LogP contribution < -0.4 is 35.2 Å². The van der Waals surface area contributed by atoms with Crippen LogP contribution in [-0.2, 0) is 20.4 Å². The summed E-state index contributed by atoms with van der Waals surface area (Å²) in [6.45, 7) is 15.1. The van der Waals surface area contributed by atoms with Crippen LogP contribution in [0.25, 0.3) is 11.1 Å². The topological polar surface area (TPSA) is 0 Å². The molecule has 0 spiro atoms. The first kappa shape index (κ1) is 29.6. The van der Waals surface area contributed by atoms with Gasteiger partial charge < -0.3 is 24.8 Å². The number of benzene rings is 2. The van der Waals surface area contributed by atoms with Gasteiger partial charge in [0, 0.05) is 0 Å². The number of allylic oxidation sites excluding steroid dienone is 4. The number of hydrogen-bond donors (Lipinski definition) is 0. The number of fused-ring (bicyclic) bond motifs is 3. The van der Waals surface area contributed by atoms with Crippen LogP contribution in [0.2, 0.25) is 51.4 Å². The van der Waals surface area contributed by atoms with Crippen LogP contribution in [0.4, 0.5) is 0 Å². The Morgan fingerprint density at radius 2 is 1.26 bits per heavy atom. The summed E-state index contributed by atoms with van der Waals surface area (Å²) in [6, 6.07) is 18.6. The Hall–Kier alpha value is 0.0338. The van der Waals surface area contributed by atoms with Crippen molar-refractivity contribution in [1.29, 1.82) is 0 Å². The molecule has 0 aromatic heterocycles. The molecule has 1 saturated heterocycles. The summed E-state index contributed by atoms with van der Waals surface area (Å²) in [5.74, 6) is 0. The van der Waals surface area contributed by atoms with E-state index in [1.165, 1.54) is 25.7 Å². The summed E-state index contributed by atoms with van der Waals surface area (Å²) in [5.41, 5.74) is 6.46. The zero-order valence-corrected chi connectivity index (χ0v) is 29.2. The van der Waals surface area contributed by atoms with Crippen LogP contribution in [0.5, 0.6) is 0 Å². The zero-order chi connectivity index (χ0) is 23.4. The van der Waals surface area contributed by atoms with Gasteiger partial charge in [0.1, 0.15) is 0 Å². The van der Waals surface area contributed by atoms with E-state index in [4.69, 9.17) is 0 Å². The number of rotatable bonds is 4. The second kappa shape index (κ2) is 11.4. The Balaban J connectivity index is 0.00000171. The standard InChI is InChI=1S/C19H25Si2.C5H10Si.C5H5.2ClH.Zr/c1-20(2,3)16-7-9-18-14(12-16)11-15-13-17(21(4,5)6)8-10-19(15)18;1-2-4-6-5-3-1;1-2-4-5-3-1;;;/h7-13H,1-6H3;1-5H2;1-3H,4H2;2*1H;/q;;;;;+2/p-2. The van der Waals surface area contributed by atoms with Crippen LogP contribution in [0.15, 0.2) is 57.9 Å². The Morgan fingerprint density at radius 3 is 1.69 bits per heavy atom. The van der Waals surface area contributed by atoms with E-state index in [0.29, 0.717) is 0 Å². The van der Waals surface area contributed by atoms with E-state index in [-0.39, 0.29) is 30.2 Å². The van der Waals surface area contributed by atoms with Gasteiger partial charge in [-0.25, -0.2) is 0 Å². The molecule has 35 heavy (non-hydrogen) atoms. The maximum atomic E-state index is 2.72. The quantitative estimate of drug-likeness (QED) is 0.448. The molecule has 0 amide bonds. The van der Waals surface area contributed by atoms with Gasteiger partial charge in [-0.3, -0.25) is 0 Å². The van der Waals surface area contributed by atoms with Crippen molar-refractivity contribution >= 4 is 32.0 Å². The monoisotopic (exact) mass is 632 g/mol. The molecule has 1 fully saturated rings. The maximum Gasteiger partial charge on any atom is -1.00 e. The van der Waals surface area contributed by atoms with Crippen molar-refractivity contribution in [2.24, 2.45) is 0 Å². The van der Waals surface area contributed by atoms with Gasteiger partial charge in [-0.15, -0.1) is 0 Å². The van der Waals surface area contributed by atoms with Crippen LogP contribution >= 0.6 is 0 Å². The summed E-state index contributed by atoms with van der Waals surface area (Å²) in [4.78, 5) is 0. The molecule has 2 aromatic carbocycles. The average molecular weight is 635 g/mol.